The zero-order chi connectivity index (χ0) is 20.1. The summed E-state index contributed by atoms with van der Waals surface area (Å²) in [4.78, 5) is 12.4. The van der Waals surface area contributed by atoms with E-state index in [4.69, 9.17) is 4.74 Å². The number of piperidine rings is 1. The second kappa shape index (κ2) is 8.45. The van der Waals surface area contributed by atoms with Crippen molar-refractivity contribution in [1.29, 1.82) is 5.26 Å². The summed E-state index contributed by atoms with van der Waals surface area (Å²) in [5, 5.41) is 19.0. The molecule has 0 radical (unpaired) electrons. The Morgan fingerprint density at radius 2 is 1.85 bits per heavy atom. The minimum atomic E-state index is -0.429. The van der Waals surface area contributed by atoms with Crippen LogP contribution in [0.1, 0.15) is 47.5 Å². The van der Waals surface area contributed by atoms with Gasteiger partial charge in [0.1, 0.15) is 17.4 Å². The van der Waals surface area contributed by atoms with Crippen LogP contribution < -0.4 is 20.7 Å². The quantitative estimate of drug-likeness (QED) is 0.528. The third-order valence-corrected chi connectivity index (χ3v) is 4.44. The first-order chi connectivity index (χ1) is 12.6. The Morgan fingerprint density at radius 3 is 2.37 bits per heavy atom. The number of benzene rings is 1. The summed E-state index contributed by atoms with van der Waals surface area (Å²) in [6.07, 6.45) is 3.35. The van der Waals surface area contributed by atoms with Crippen LogP contribution >= 0.6 is 0 Å². The maximum Gasteiger partial charge on any atom is 0.267 e. The predicted octanol–water partition coefficient (Wildman–Crippen LogP) is 3.33. The highest BCUT2D eigenvalue weighted by atomic mass is 16.5. The fraction of sp³-hybridized carbons (Fsp3) is 0.524. The molecule has 146 valence electrons. The minimum absolute atomic E-state index is 0.00930. The second-order valence-corrected chi connectivity index (χ2v) is 8.25. The molecule has 1 aromatic rings. The fourth-order valence-corrected chi connectivity index (χ4v) is 3.79. The molecule has 1 amide bonds. The lowest BCUT2D eigenvalue weighted by Crippen LogP contribution is -2.61. The summed E-state index contributed by atoms with van der Waals surface area (Å²) in [6.45, 7) is 11.2. The zero-order valence-electron chi connectivity index (χ0n) is 16.8. The molecule has 0 aliphatic carbocycles. The molecule has 0 spiro atoms. The Morgan fingerprint density at radius 1 is 1.26 bits per heavy atom. The number of amides is 1. The summed E-state index contributed by atoms with van der Waals surface area (Å²) in [5.41, 5.74) is 0.654. The number of nitriles is 1. The van der Waals surface area contributed by atoms with Gasteiger partial charge in [0.15, 0.2) is 0 Å². The number of nitrogens with zero attached hydrogens (tertiary/aromatic N) is 1. The van der Waals surface area contributed by atoms with Crippen molar-refractivity contribution in [2.24, 2.45) is 0 Å². The largest absolute Gasteiger partial charge is 0.494 e. The highest BCUT2D eigenvalue weighted by Gasteiger charge is 2.37. The van der Waals surface area contributed by atoms with E-state index < -0.39 is 5.91 Å². The van der Waals surface area contributed by atoms with Gasteiger partial charge in [-0.25, -0.2) is 0 Å². The third kappa shape index (κ3) is 6.30. The van der Waals surface area contributed by atoms with Gasteiger partial charge in [0.05, 0.1) is 6.61 Å². The van der Waals surface area contributed by atoms with E-state index in [0.29, 0.717) is 12.3 Å². The van der Waals surface area contributed by atoms with E-state index >= 15 is 0 Å². The van der Waals surface area contributed by atoms with E-state index in [1.165, 1.54) is 6.20 Å². The summed E-state index contributed by atoms with van der Waals surface area (Å²) in [7, 11) is 0. The Hall–Kier alpha value is -2.52. The predicted molar refractivity (Wildman–Crippen MR) is 107 cm³/mol. The van der Waals surface area contributed by atoms with Gasteiger partial charge in [-0.1, -0.05) is 0 Å². The van der Waals surface area contributed by atoms with Crippen molar-refractivity contribution in [2.45, 2.75) is 64.6 Å². The third-order valence-electron chi connectivity index (χ3n) is 4.44. The standard InChI is InChI=1S/C21H30N4O2/c1-6-27-18-9-7-16(8-10-18)24-19(26)15(13-22)14-23-17-11-20(2,3)25-21(4,5)12-17/h7-10,14,17,23,25H,6,11-12H2,1-5H3,(H,24,26)/b15-14-. The number of carbonyl (C=O) groups is 1. The molecule has 27 heavy (non-hydrogen) atoms. The van der Waals surface area contributed by atoms with Crippen LogP contribution in [-0.2, 0) is 4.79 Å². The average Bonchev–Trinajstić information content (AvgIpc) is 2.54. The smallest absolute Gasteiger partial charge is 0.267 e. The number of anilines is 1. The first-order valence-corrected chi connectivity index (χ1v) is 9.34. The molecule has 2 rings (SSSR count). The van der Waals surface area contributed by atoms with E-state index in [1.54, 1.807) is 24.3 Å². The van der Waals surface area contributed by atoms with Crippen LogP contribution in [0.25, 0.3) is 0 Å². The van der Waals surface area contributed by atoms with E-state index in [9.17, 15) is 10.1 Å². The minimum Gasteiger partial charge on any atom is -0.494 e. The molecule has 6 heteroatoms. The van der Waals surface area contributed by atoms with Gasteiger partial charge in [0.25, 0.3) is 5.91 Å². The molecule has 0 unspecified atom stereocenters. The van der Waals surface area contributed by atoms with Gasteiger partial charge >= 0.3 is 0 Å². The zero-order valence-corrected chi connectivity index (χ0v) is 16.8. The maximum absolute atomic E-state index is 12.4. The molecule has 6 nitrogen and oxygen atoms in total. The second-order valence-electron chi connectivity index (χ2n) is 8.25. The van der Waals surface area contributed by atoms with Crippen LogP contribution in [0.15, 0.2) is 36.0 Å². The van der Waals surface area contributed by atoms with Crippen LogP contribution in [0.2, 0.25) is 0 Å². The molecule has 1 aromatic carbocycles. The maximum atomic E-state index is 12.4. The van der Waals surface area contributed by atoms with Crippen molar-refractivity contribution in [2.75, 3.05) is 11.9 Å². The van der Waals surface area contributed by atoms with Gasteiger partial charge in [-0.15, -0.1) is 0 Å². The number of hydrogen-bond acceptors (Lipinski definition) is 5. The topological polar surface area (TPSA) is 86.2 Å². The summed E-state index contributed by atoms with van der Waals surface area (Å²) < 4.78 is 5.38. The van der Waals surface area contributed by atoms with Crippen LogP contribution in [0.4, 0.5) is 5.69 Å². The van der Waals surface area contributed by atoms with Gasteiger partial charge < -0.3 is 20.7 Å². The summed E-state index contributed by atoms with van der Waals surface area (Å²) in [5.74, 6) is 0.311. The molecule has 1 heterocycles. The molecule has 0 saturated carbocycles. The molecular weight excluding hydrogens is 340 g/mol. The molecule has 3 N–H and O–H groups in total. The van der Waals surface area contributed by atoms with Gasteiger partial charge in [-0.2, -0.15) is 5.26 Å². The number of ether oxygens (including phenoxy) is 1. The normalized spacial score (nSPS) is 19.0. The highest BCUT2D eigenvalue weighted by molar-refractivity contribution is 6.06. The first-order valence-electron chi connectivity index (χ1n) is 9.34. The van der Waals surface area contributed by atoms with Gasteiger partial charge in [0, 0.05) is 29.0 Å². The Labute approximate surface area is 162 Å². The number of hydrogen-bond donors (Lipinski definition) is 3. The molecule has 1 aliphatic rings. The monoisotopic (exact) mass is 370 g/mol. The molecule has 0 bridgehead atoms. The Kier molecular flexibility index (Phi) is 6.50. The van der Waals surface area contributed by atoms with Crippen LogP contribution in [0.5, 0.6) is 5.75 Å². The van der Waals surface area contributed by atoms with Crippen molar-refractivity contribution < 1.29 is 9.53 Å². The van der Waals surface area contributed by atoms with E-state index in [0.717, 1.165) is 18.6 Å². The van der Waals surface area contributed by atoms with E-state index in [1.807, 2.05) is 13.0 Å². The van der Waals surface area contributed by atoms with Crippen molar-refractivity contribution in [3.63, 3.8) is 0 Å². The summed E-state index contributed by atoms with van der Waals surface area (Å²) >= 11 is 0. The molecule has 1 fully saturated rings. The fourth-order valence-electron chi connectivity index (χ4n) is 3.79. The lowest BCUT2D eigenvalue weighted by Gasteiger charge is -2.46. The number of nitrogens with one attached hydrogen (secondary N) is 3. The first kappa shape index (κ1) is 20.8. The van der Waals surface area contributed by atoms with E-state index in [2.05, 4.69) is 43.6 Å². The van der Waals surface area contributed by atoms with Gasteiger partial charge in [0.2, 0.25) is 0 Å². The average molecular weight is 370 g/mol. The molecule has 1 saturated heterocycles. The van der Waals surface area contributed by atoms with Crippen LogP contribution in [-0.4, -0.2) is 29.6 Å². The van der Waals surface area contributed by atoms with Crippen molar-refractivity contribution in [3.8, 4) is 11.8 Å². The van der Waals surface area contributed by atoms with Gasteiger partial charge in [-0.05, 0) is 71.7 Å². The van der Waals surface area contributed by atoms with Crippen molar-refractivity contribution in [3.05, 3.63) is 36.0 Å². The molecule has 1 aliphatic heterocycles. The van der Waals surface area contributed by atoms with Crippen LogP contribution in [0, 0.1) is 11.3 Å². The lowest BCUT2D eigenvalue weighted by atomic mass is 9.80. The number of rotatable bonds is 6. The van der Waals surface area contributed by atoms with Crippen molar-refractivity contribution >= 4 is 11.6 Å². The SMILES string of the molecule is CCOc1ccc(NC(=O)/C(C#N)=C\NC2CC(C)(C)NC(C)(C)C2)cc1. The van der Waals surface area contributed by atoms with Crippen molar-refractivity contribution in [1.82, 2.24) is 10.6 Å². The Bertz CT molecular complexity index is 714. The lowest BCUT2D eigenvalue weighted by molar-refractivity contribution is -0.112. The van der Waals surface area contributed by atoms with Gasteiger partial charge in [-0.3, -0.25) is 4.79 Å². The summed E-state index contributed by atoms with van der Waals surface area (Å²) in [6, 6.07) is 9.25. The van der Waals surface area contributed by atoms with E-state index in [-0.39, 0.29) is 22.7 Å². The highest BCUT2D eigenvalue weighted by Crippen LogP contribution is 2.28. The van der Waals surface area contributed by atoms with Crippen LogP contribution in [0.3, 0.4) is 0 Å². The molecule has 0 atom stereocenters. The molecular formula is C21H30N4O2. The molecule has 0 aromatic heterocycles. The Balaban J connectivity index is 2.00. The number of carbonyl (C=O) groups excluding carboxylic acids is 1.